The monoisotopic (exact) mass is 405 g/mol. The van der Waals surface area contributed by atoms with Gasteiger partial charge in [-0.1, -0.05) is 18.2 Å². The Morgan fingerprint density at radius 2 is 1.68 bits per heavy atom. The van der Waals surface area contributed by atoms with Gasteiger partial charge in [-0.2, -0.15) is 11.8 Å². The summed E-state index contributed by atoms with van der Waals surface area (Å²) in [4.78, 5) is 7.51. The predicted octanol–water partition coefficient (Wildman–Crippen LogP) is 2.00. The number of β-amino-alcohol motifs (C(OH)–C–C–N with tert-alkyl or cyclic N) is 1. The van der Waals surface area contributed by atoms with Crippen LogP contribution in [0.5, 0.6) is 5.75 Å². The maximum atomic E-state index is 10.4. The molecule has 5 nitrogen and oxygen atoms in total. The summed E-state index contributed by atoms with van der Waals surface area (Å²) in [6, 6.07) is 8.33. The minimum Gasteiger partial charge on any atom is -0.491 e. The lowest BCUT2D eigenvalue weighted by Crippen LogP contribution is -2.46. The molecule has 1 saturated carbocycles. The fourth-order valence-electron chi connectivity index (χ4n) is 4.13. The normalized spacial score (nSPS) is 23.6. The molecule has 6 heteroatoms. The number of rotatable bonds is 9. The molecule has 1 aliphatic carbocycles. The van der Waals surface area contributed by atoms with Crippen molar-refractivity contribution in [2.24, 2.45) is 5.92 Å². The van der Waals surface area contributed by atoms with Crippen molar-refractivity contribution in [3.05, 3.63) is 29.8 Å². The molecule has 0 spiro atoms. The molecule has 1 aromatic rings. The first-order valence-electron chi connectivity index (χ1n) is 10.9. The fraction of sp³-hybridized carbons (Fsp3) is 0.727. The van der Waals surface area contributed by atoms with Crippen LogP contribution in [-0.2, 0) is 6.54 Å². The van der Waals surface area contributed by atoms with E-state index in [0.29, 0.717) is 13.2 Å². The first-order valence-corrected chi connectivity index (χ1v) is 12.1. The molecule has 1 atom stereocenters. The van der Waals surface area contributed by atoms with E-state index < -0.39 is 6.10 Å². The molecule has 1 N–H and O–H groups in total. The summed E-state index contributed by atoms with van der Waals surface area (Å²) in [5, 5.41) is 10.4. The second-order valence-corrected chi connectivity index (χ2v) is 9.73. The van der Waals surface area contributed by atoms with Crippen molar-refractivity contribution in [2.75, 3.05) is 70.5 Å². The Hall–Kier alpha value is -0.790. The molecule has 3 aliphatic rings. The molecule has 1 aromatic carbocycles. The largest absolute Gasteiger partial charge is 0.491 e. The van der Waals surface area contributed by atoms with Crippen molar-refractivity contribution in [2.45, 2.75) is 25.5 Å². The van der Waals surface area contributed by atoms with Crippen LogP contribution in [0.2, 0.25) is 0 Å². The van der Waals surface area contributed by atoms with Crippen LogP contribution in [-0.4, -0.2) is 96.4 Å². The van der Waals surface area contributed by atoms with Crippen molar-refractivity contribution in [1.29, 1.82) is 0 Å². The van der Waals surface area contributed by atoms with Crippen LogP contribution in [0, 0.1) is 5.92 Å². The molecule has 2 saturated heterocycles. The third-order valence-electron chi connectivity index (χ3n) is 6.05. The third-order valence-corrected chi connectivity index (χ3v) is 6.99. The summed E-state index contributed by atoms with van der Waals surface area (Å²) in [5.74, 6) is 4.25. The molecule has 2 heterocycles. The Labute approximate surface area is 174 Å². The highest BCUT2D eigenvalue weighted by molar-refractivity contribution is 7.99. The summed E-state index contributed by atoms with van der Waals surface area (Å²) in [7, 11) is 0. The van der Waals surface area contributed by atoms with E-state index >= 15 is 0 Å². The lowest BCUT2D eigenvalue weighted by molar-refractivity contribution is 0.0703. The van der Waals surface area contributed by atoms with Crippen LogP contribution in [0.3, 0.4) is 0 Å². The number of ether oxygens (including phenoxy) is 1. The minimum atomic E-state index is -0.429. The molecular weight excluding hydrogens is 370 g/mol. The van der Waals surface area contributed by atoms with Crippen LogP contribution < -0.4 is 4.74 Å². The Morgan fingerprint density at radius 1 is 0.964 bits per heavy atom. The Balaban J connectivity index is 1.22. The molecule has 0 radical (unpaired) electrons. The van der Waals surface area contributed by atoms with Crippen molar-refractivity contribution >= 4 is 11.8 Å². The zero-order valence-corrected chi connectivity index (χ0v) is 17.8. The van der Waals surface area contributed by atoms with Gasteiger partial charge >= 0.3 is 0 Å². The van der Waals surface area contributed by atoms with E-state index in [0.717, 1.165) is 44.4 Å². The van der Waals surface area contributed by atoms with Crippen molar-refractivity contribution in [3.8, 4) is 5.75 Å². The molecule has 2 aliphatic heterocycles. The van der Waals surface area contributed by atoms with Crippen LogP contribution >= 0.6 is 11.8 Å². The molecule has 156 valence electrons. The summed E-state index contributed by atoms with van der Waals surface area (Å²) < 4.78 is 6.05. The van der Waals surface area contributed by atoms with Gasteiger partial charge in [0.25, 0.3) is 0 Å². The van der Waals surface area contributed by atoms with Gasteiger partial charge < -0.3 is 14.7 Å². The first-order chi connectivity index (χ1) is 13.8. The van der Waals surface area contributed by atoms with Crippen LogP contribution in [0.1, 0.15) is 18.4 Å². The van der Waals surface area contributed by atoms with Crippen molar-refractivity contribution < 1.29 is 9.84 Å². The lowest BCUT2D eigenvalue weighted by atomic mass is 10.1. The smallest absolute Gasteiger partial charge is 0.123 e. The predicted molar refractivity (Wildman–Crippen MR) is 116 cm³/mol. The molecule has 0 bridgehead atoms. The van der Waals surface area contributed by atoms with Gasteiger partial charge in [-0.25, -0.2) is 0 Å². The average molecular weight is 406 g/mol. The average Bonchev–Trinajstić information content (AvgIpc) is 3.54. The number of piperazine rings is 1. The maximum absolute atomic E-state index is 10.4. The highest BCUT2D eigenvalue weighted by Crippen LogP contribution is 2.30. The number of aliphatic hydroxyl groups excluding tert-OH is 1. The molecule has 4 rings (SSSR count). The van der Waals surface area contributed by atoms with E-state index in [9.17, 15) is 5.11 Å². The first kappa shape index (κ1) is 20.5. The van der Waals surface area contributed by atoms with Gasteiger partial charge in [-0.05, 0) is 24.8 Å². The van der Waals surface area contributed by atoms with Crippen molar-refractivity contribution in [3.63, 3.8) is 0 Å². The van der Waals surface area contributed by atoms with Gasteiger partial charge in [-0.3, -0.25) is 9.80 Å². The van der Waals surface area contributed by atoms with Gasteiger partial charge in [0, 0.05) is 76.0 Å². The van der Waals surface area contributed by atoms with Gasteiger partial charge in [0.1, 0.15) is 18.5 Å². The summed E-state index contributed by atoms with van der Waals surface area (Å²) in [5.41, 5.74) is 1.24. The number of aliphatic hydroxyl groups is 1. The Morgan fingerprint density at radius 3 is 2.43 bits per heavy atom. The number of para-hydroxylation sites is 1. The summed E-state index contributed by atoms with van der Waals surface area (Å²) in [6.45, 7) is 10.1. The van der Waals surface area contributed by atoms with Crippen LogP contribution in [0.15, 0.2) is 24.3 Å². The molecular formula is C22H35N3O2S. The molecule has 3 fully saturated rings. The topological polar surface area (TPSA) is 39.2 Å². The van der Waals surface area contributed by atoms with Gasteiger partial charge in [0.2, 0.25) is 0 Å². The molecule has 0 aromatic heterocycles. The van der Waals surface area contributed by atoms with Gasteiger partial charge in [0.15, 0.2) is 0 Å². The number of hydrogen-bond acceptors (Lipinski definition) is 6. The van der Waals surface area contributed by atoms with E-state index in [4.69, 9.17) is 4.74 Å². The standard InChI is InChI=1S/C22H35N3O2S/c26-21(17-25-11-13-28-14-12-25)18-27-22-4-2-1-3-20(22)16-24-9-7-23(8-10-24)15-19-5-6-19/h1-4,19,21,26H,5-18H2/t21-/m0/s1. The fourth-order valence-corrected chi connectivity index (χ4v) is 5.11. The van der Waals surface area contributed by atoms with Gasteiger partial charge in [0.05, 0.1) is 0 Å². The van der Waals surface area contributed by atoms with E-state index in [2.05, 4.69) is 26.8 Å². The van der Waals surface area contributed by atoms with Gasteiger partial charge in [-0.15, -0.1) is 0 Å². The quantitative estimate of drug-likeness (QED) is 0.678. The Bertz CT molecular complexity index is 599. The van der Waals surface area contributed by atoms with Crippen LogP contribution in [0.4, 0.5) is 0 Å². The van der Waals surface area contributed by atoms with Crippen molar-refractivity contribution in [1.82, 2.24) is 14.7 Å². The highest BCUT2D eigenvalue weighted by Gasteiger charge is 2.26. The third kappa shape index (κ3) is 6.36. The summed E-state index contributed by atoms with van der Waals surface area (Å²) >= 11 is 2.00. The number of hydrogen-bond donors (Lipinski definition) is 1. The van der Waals surface area contributed by atoms with E-state index in [1.54, 1.807) is 0 Å². The van der Waals surface area contributed by atoms with E-state index in [1.165, 1.54) is 49.5 Å². The number of thioether (sulfide) groups is 1. The van der Waals surface area contributed by atoms with Crippen LogP contribution in [0.25, 0.3) is 0 Å². The van der Waals surface area contributed by atoms with E-state index in [-0.39, 0.29) is 0 Å². The Kier molecular flexibility index (Phi) is 7.54. The number of nitrogens with zero attached hydrogens (tertiary/aromatic N) is 3. The maximum Gasteiger partial charge on any atom is 0.123 e. The van der Waals surface area contributed by atoms with E-state index in [1.807, 2.05) is 23.9 Å². The molecule has 0 amide bonds. The zero-order valence-electron chi connectivity index (χ0n) is 17.0. The zero-order chi connectivity index (χ0) is 19.2. The minimum absolute atomic E-state index is 0.371. The SMILES string of the molecule is O[C@H](COc1ccccc1CN1CCN(CC2CC2)CC1)CN1CCSCC1. The second-order valence-electron chi connectivity index (χ2n) is 8.51. The number of benzene rings is 1. The highest BCUT2D eigenvalue weighted by atomic mass is 32.2. The lowest BCUT2D eigenvalue weighted by Gasteiger charge is -2.35. The second kappa shape index (κ2) is 10.3. The molecule has 0 unspecified atom stereocenters. The summed E-state index contributed by atoms with van der Waals surface area (Å²) in [6.07, 6.45) is 2.45. The molecule has 28 heavy (non-hydrogen) atoms.